The standard InChI is InChI=1S/C29H44N4O5/c1-8-32(9-2)20-12-10-19(11-13-20)31-26(36)24-29-15-18(5)28(6,38-29)22(25(35)30-7)23(29)27(37)33(24)21(16-34)14-17(3)4/h10-13,17-18,21-24,34H,8-9,14-16H2,1-7H3,(H,30,35)(H,31,36)/t18?,21-,22-,23+,24?,28+,29?/m1/s1. The molecule has 210 valence electrons. The quantitative estimate of drug-likeness (QED) is 0.431. The second-order valence-corrected chi connectivity index (χ2v) is 11.7. The molecule has 9 nitrogen and oxygen atoms in total. The monoisotopic (exact) mass is 528 g/mol. The molecule has 3 saturated heterocycles. The number of carbonyl (C=O) groups excluding carboxylic acids is 3. The van der Waals surface area contributed by atoms with Gasteiger partial charge in [-0.05, 0) is 69.7 Å². The van der Waals surface area contributed by atoms with Crippen molar-refractivity contribution in [2.24, 2.45) is 23.7 Å². The van der Waals surface area contributed by atoms with Gasteiger partial charge in [0.1, 0.15) is 11.6 Å². The van der Waals surface area contributed by atoms with Crippen LogP contribution >= 0.6 is 0 Å². The highest BCUT2D eigenvalue weighted by Crippen LogP contribution is 2.65. The maximum atomic E-state index is 14.2. The molecule has 1 aromatic rings. The number of aliphatic hydroxyl groups excluding tert-OH is 1. The number of carbonyl (C=O) groups is 3. The summed E-state index contributed by atoms with van der Waals surface area (Å²) in [7, 11) is 1.56. The van der Waals surface area contributed by atoms with Crippen molar-refractivity contribution in [3.05, 3.63) is 24.3 Å². The SMILES string of the molecule is CCN(CC)c1ccc(NC(=O)C2N([C@@H](CO)CC(C)C)C(=O)[C@@H]3[C@H](C(=O)NC)[C@@]4(C)OC23CC4C)cc1. The van der Waals surface area contributed by atoms with Crippen LogP contribution in [0.1, 0.15) is 54.4 Å². The van der Waals surface area contributed by atoms with Crippen LogP contribution in [0.5, 0.6) is 0 Å². The molecule has 3 heterocycles. The maximum absolute atomic E-state index is 14.2. The molecule has 3 fully saturated rings. The lowest BCUT2D eigenvalue weighted by Crippen LogP contribution is -2.56. The van der Waals surface area contributed by atoms with Crippen LogP contribution < -0.4 is 15.5 Å². The minimum absolute atomic E-state index is 0.0323. The van der Waals surface area contributed by atoms with E-state index in [-0.39, 0.29) is 36.2 Å². The number of rotatable bonds is 10. The van der Waals surface area contributed by atoms with E-state index in [1.807, 2.05) is 52.0 Å². The summed E-state index contributed by atoms with van der Waals surface area (Å²) < 4.78 is 6.70. The van der Waals surface area contributed by atoms with Crippen LogP contribution in [0.25, 0.3) is 0 Å². The number of aliphatic hydroxyl groups is 1. The number of ether oxygens (including phenoxy) is 1. The Bertz CT molecular complexity index is 1060. The average molecular weight is 529 g/mol. The lowest BCUT2D eigenvalue weighted by molar-refractivity contribution is -0.149. The molecule has 0 saturated carbocycles. The van der Waals surface area contributed by atoms with Crippen LogP contribution in [-0.2, 0) is 19.1 Å². The summed E-state index contributed by atoms with van der Waals surface area (Å²) in [5.74, 6) is -2.23. The number of nitrogens with one attached hydrogen (secondary N) is 2. The van der Waals surface area contributed by atoms with E-state index >= 15 is 0 Å². The average Bonchev–Trinajstić information content (AvgIpc) is 3.40. The molecule has 38 heavy (non-hydrogen) atoms. The van der Waals surface area contributed by atoms with Crippen LogP contribution in [0.4, 0.5) is 11.4 Å². The minimum atomic E-state index is -1.14. The first-order valence-electron chi connectivity index (χ1n) is 14.0. The fourth-order valence-electron chi connectivity index (χ4n) is 7.30. The van der Waals surface area contributed by atoms with Gasteiger partial charge in [0.05, 0.1) is 30.1 Å². The third kappa shape index (κ3) is 4.28. The van der Waals surface area contributed by atoms with Crippen LogP contribution in [-0.4, -0.2) is 77.8 Å². The van der Waals surface area contributed by atoms with Gasteiger partial charge in [0, 0.05) is 31.5 Å². The van der Waals surface area contributed by atoms with E-state index in [1.165, 1.54) is 4.90 Å². The Kier molecular flexibility index (Phi) is 7.83. The number of hydrogen-bond donors (Lipinski definition) is 3. The first-order chi connectivity index (χ1) is 18.0. The lowest BCUT2D eigenvalue weighted by atomic mass is 9.62. The van der Waals surface area contributed by atoms with Gasteiger partial charge in [0.2, 0.25) is 17.7 Å². The van der Waals surface area contributed by atoms with Gasteiger partial charge in [-0.25, -0.2) is 0 Å². The van der Waals surface area contributed by atoms with E-state index in [1.54, 1.807) is 7.05 Å². The van der Waals surface area contributed by atoms with Crippen molar-refractivity contribution >= 4 is 29.1 Å². The molecule has 0 aromatic heterocycles. The van der Waals surface area contributed by atoms with Crippen LogP contribution in [0.15, 0.2) is 24.3 Å². The predicted molar refractivity (Wildman–Crippen MR) is 147 cm³/mol. The third-order valence-corrected chi connectivity index (χ3v) is 9.14. The molecule has 9 heteroatoms. The number of fused-ring (bicyclic) bond motifs is 1. The number of anilines is 2. The number of nitrogens with zero attached hydrogens (tertiary/aromatic N) is 2. The van der Waals surface area contributed by atoms with Crippen molar-refractivity contribution in [3.63, 3.8) is 0 Å². The molecule has 3 aliphatic rings. The summed E-state index contributed by atoms with van der Waals surface area (Å²) in [4.78, 5) is 45.2. The Balaban J connectivity index is 1.74. The van der Waals surface area contributed by atoms with Crippen molar-refractivity contribution < 1.29 is 24.2 Å². The van der Waals surface area contributed by atoms with Crippen molar-refractivity contribution in [2.75, 3.05) is 37.0 Å². The van der Waals surface area contributed by atoms with E-state index in [0.29, 0.717) is 18.5 Å². The highest BCUT2D eigenvalue weighted by Gasteiger charge is 2.80. The van der Waals surface area contributed by atoms with Gasteiger partial charge in [0.15, 0.2) is 0 Å². The van der Waals surface area contributed by atoms with Gasteiger partial charge in [-0.3, -0.25) is 14.4 Å². The second-order valence-electron chi connectivity index (χ2n) is 11.7. The van der Waals surface area contributed by atoms with Crippen molar-refractivity contribution in [3.8, 4) is 0 Å². The van der Waals surface area contributed by atoms with Crippen molar-refractivity contribution in [1.82, 2.24) is 10.2 Å². The predicted octanol–water partition coefficient (Wildman–Crippen LogP) is 2.64. The normalized spacial score (nSPS) is 32.4. The molecular formula is C29H44N4O5. The zero-order valence-corrected chi connectivity index (χ0v) is 23.8. The van der Waals surface area contributed by atoms with Gasteiger partial charge in [-0.1, -0.05) is 20.8 Å². The van der Waals surface area contributed by atoms with Gasteiger partial charge in [0.25, 0.3) is 0 Å². The molecule has 3 amide bonds. The third-order valence-electron chi connectivity index (χ3n) is 9.14. The molecule has 3 N–H and O–H groups in total. The summed E-state index contributed by atoms with van der Waals surface area (Å²) in [5.41, 5.74) is -0.312. The summed E-state index contributed by atoms with van der Waals surface area (Å²) >= 11 is 0. The van der Waals surface area contributed by atoms with Gasteiger partial charge < -0.3 is 30.3 Å². The molecular weight excluding hydrogens is 484 g/mol. The molecule has 1 aromatic carbocycles. The Morgan fingerprint density at radius 3 is 2.34 bits per heavy atom. The van der Waals surface area contributed by atoms with Crippen LogP contribution in [0.2, 0.25) is 0 Å². The summed E-state index contributed by atoms with van der Waals surface area (Å²) in [6.07, 6.45) is 1.02. The van der Waals surface area contributed by atoms with Gasteiger partial charge >= 0.3 is 0 Å². The minimum Gasteiger partial charge on any atom is -0.394 e. The number of likely N-dealkylation sites (tertiary alicyclic amines) is 1. The molecule has 7 atom stereocenters. The Morgan fingerprint density at radius 2 is 1.82 bits per heavy atom. The van der Waals surface area contributed by atoms with Crippen LogP contribution in [0, 0.1) is 23.7 Å². The fourth-order valence-corrected chi connectivity index (χ4v) is 7.30. The molecule has 2 bridgehead atoms. The Labute approximate surface area is 226 Å². The first-order valence-corrected chi connectivity index (χ1v) is 14.0. The van der Waals surface area contributed by atoms with Gasteiger partial charge in [-0.15, -0.1) is 0 Å². The number of amides is 3. The molecule has 4 rings (SSSR count). The lowest BCUT2D eigenvalue weighted by Gasteiger charge is -2.37. The highest BCUT2D eigenvalue weighted by molar-refractivity contribution is 6.04. The number of benzene rings is 1. The Morgan fingerprint density at radius 1 is 1.18 bits per heavy atom. The fraction of sp³-hybridized carbons (Fsp3) is 0.690. The zero-order valence-electron chi connectivity index (χ0n) is 23.8. The van der Waals surface area contributed by atoms with E-state index < -0.39 is 35.1 Å². The summed E-state index contributed by atoms with van der Waals surface area (Å²) in [5, 5.41) is 16.1. The van der Waals surface area contributed by atoms with Crippen molar-refractivity contribution in [1.29, 1.82) is 0 Å². The topological polar surface area (TPSA) is 111 Å². The summed E-state index contributed by atoms with van der Waals surface area (Å²) in [6.45, 7) is 13.6. The highest BCUT2D eigenvalue weighted by atomic mass is 16.5. The smallest absolute Gasteiger partial charge is 0.250 e. The Hall–Kier alpha value is -2.65. The molecule has 1 spiro atoms. The maximum Gasteiger partial charge on any atom is 0.250 e. The molecule has 3 unspecified atom stereocenters. The van der Waals surface area contributed by atoms with E-state index in [2.05, 4.69) is 29.4 Å². The first kappa shape index (κ1) is 28.4. The molecule has 3 aliphatic heterocycles. The van der Waals surface area contributed by atoms with Crippen molar-refractivity contribution in [2.45, 2.75) is 77.7 Å². The van der Waals surface area contributed by atoms with E-state index in [4.69, 9.17) is 4.74 Å². The number of hydrogen-bond acceptors (Lipinski definition) is 6. The summed E-state index contributed by atoms with van der Waals surface area (Å²) in [6, 6.07) is 6.15. The van der Waals surface area contributed by atoms with E-state index in [0.717, 1.165) is 18.8 Å². The molecule has 0 aliphatic carbocycles. The largest absolute Gasteiger partial charge is 0.394 e. The zero-order chi connectivity index (χ0) is 28.0. The van der Waals surface area contributed by atoms with E-state index in [9.17, 15) is 19.5 Å². The molecule has 0 radical (unpaired) electrons. The second kappa shape index (κ2) is 10.5. The van der Waals surface area contributed by atoms with Crippen LogP contribution in [0.3, 0.4) is 0 Å². The van der Waals surface area contributed by atoms with Gasteiger partial charge in [-0.2, -0.15) is 0 Å².